The Bertz CT molecular complexity index is 263. The van der Waals surface area contributed by atoms with Gasteiger partial charge in [-0.25, -0.2) is 4.79 Å². The zero-order valence-corrected chi connectivity index (χ0v) is 8.06. The van der Waals surface area contributed by atoms with Crippen LogP contribution in [0.25, 0.3) is 0 Å². The van der Waals surface area contributed by atoms with Gasteiger partial charge in [-0.1, -0.05) is 6.08 Å². The summed E-state index contributed by atoms with van der Waals surface area (Å²) >= 11 is 0. The van der Waals surface area contributed by atoms with E-state index in [1.165, 1.54) is 0 Å². The summed E-state index contributed by atoms with van der Waals surface area (Å²) in [6.45, 7) is 3.70. The fraction of sp³-hybridized carbons (Fsp3) is 0.556. The number of nitrogens with zero attached hydrogens (tertiary/aromatic N) is 1. The maximum atomic E-state index is 11.2. The Morgan fingerprint density at radius 3 is 3.14 bits per heavy atom. The molecule has 14 heavy (non-hydrogen) atoms. The van der Waals surface area contributed by atoms with Crippen LogP contribution in [0.3, 0.4) is 0 Å². The van der Waals surface area contributed by atoms with Gasteiger partial charge < -0.3 is 10.4 Å². The molecule has 0 aliphatic carbocycles. The van der Waals surface area contributed by atoms with Gasteiger partial charge >= 0.3 is 5.97 Å². The quantitative estimate of drug-likeness (QED) is 0.597. The molecule has 0 aromatic carbocycles. The highest BCUT2D eigenvalue weighted by atomic mass is 16.4. The first-order valence-corrected chi connectivity index (χ1v) is 4.52. The van der Waals surface area contributed by atoms with Gasteiger partial charge in [0, 0.05) is 25.7 Å². The third-order valence-electron chi connectivity index (χ3n) is 2.23. The van der Waals surface area contributed by atoms with Crippen molar-refractivity contribution in [1.82, 2.24) is 10.2 Å². The maximum absolute atomic E-state index is 11.2. The zero-order chi connectivity index (χ0) is 10.6. The highest BCUT2D eigenvalue weighted by molar-refractivity contribution is 5.82. The van der Waals surface area contributed by atoms with Crippen molar-refractivity contribution in [3.05, 3.63) is 12.2 Å². The van der Waals surface area contributed by atoms with Crippen LogP contribution < -0.4 is 5.32 Å². The van der Waals surface area contributed by atoms with E-state index in [1.807, 2.05) is 11.8 Å². The summed E-state index contributed by atoms with van der Waals surface area (Å²) in [6, 6.07) is -0.179. The molecule has 1 aliphatic heterocycles. The van der Waals surface area contributed by atoms with Gasteiger partial charge in [0.25, 0.3) is 0 Å². The highest BCUT2D eigenvalue weighted by Gasteiger charge is 2.23. The highest BCUT2D eigenvalue weighted by Crippen LogP contribution is 2.02. The van der Waals surface area contributed by atoms with E-state index in [0.717, 1.165) is 12.6 Å². The lowest BCUT2D eigenvalue weighted by atomic mass is 10.2. The Morgan fingerprint density at radius 1 is 1.79 bits per heavy atom. The third kappa shape index (κ3) is 2.85. The molecule has 0 radical (unpaired) electrons. The van der Waals surface area contributed by atoms with Crippen LogP contribution in [0.4, 0.5) is 0 Å². The molecule has 1 atom stereocenters. The maximum Gasteiger partial charge on any atom is 0.328 e. The SMILES string of the molecule is CC1C(=O)NCCN1CC=CC(=O)O. The van der Waals surface area contributed by atoms with E-state index in [4.69, 9.17) is 5.11 Å². The third-order valence-corrected chi connectivity index (χ3v) is 2.23. The first-order valence-electron chi connectivity index (χ1n) is 4.52. The molecule has 0 aromatic rings. The van der Waals surface area contributed by atoms with E-state index in [2.05, 4.69) is 5.32 Å². The second-order valence-corrected chi connectivity index (χ2v) is 3.20. The van der Waals surface area contributed by atoms with E-state index < -0.39 is 5.97 Å². The van der Waals surface area contributed by atoms with Crippen molar-refractivity contribution >= 4 is 11.9 Å². The molecule has 1 amide bonds. The van der Waals surface area contributed by atoms with E-state index in [9.17, 15) is 9.59 Å². The number of hydrogen-bond donors (Lipinski definition) is 2. The van der Waals surface area contributed by atoms with E-state index in [-0.39, 0.29) is 11.9 Å². The van der Waals surface area contributed by atoms with Crippen molar-refractivity contribution in [1.29, 1.82) is 0 Å². The zero-order valence-electron chi connectivity index (χ0n) is 8.06. The molecule has 1 rings (SSSR count). The Hall–Kier alpha value is -1.36. The van der Waals surface area contributed by atoms with Crippen molar-refractivity contribution in [3.8, 4) is 0 Å². The lowest BCUT2D eigenvalue weighted by Gasteiger charge is -2.31. The molecule has 1 fully saturated rings. The average Bonchev–Trinajstić information content (AvgIpc) is 2.12. The van der Waals surface area contributed by atoms with Crippen LogP contribution in [0.5, 0.6) is 0 Å². The number of carboxylic acids is 1. The van der Waals surface area contributed by atoms with Crippen LogP contribution in [-0.2, 0) is 9.59 Å². The number of hydrogen-bond acceptors (Lipinski definition) is 3. The molecule has 2 N–H and O–H groups in total. The number of carboxylic acid groups (broad SMARTS) is 1. The van der Waals surface area contributed by atoms with E-state index in [1.54, 1.807) is 6.08 Å². The van der Waals surface area contributed by atoms with Crippen molar-refractivity contribution in [2.24, 2.45) is 0 Å². The second-order valence-electron chi connectivity index (χ2n) is 3.20. The summed E-state index contributed by atoms with van der Waals surface area (Å²) in [5.74, 6) is -0.959. The molecule has 5 nitrogen and oxygen atoms in total. The van der Waals surface area contributed by atoms with Gasteiger partial charge in [-0.15, -0.1) is 0 Å². The van der Waals surface area contributed by atoms with Crippen molar-refractivity contribution < 1.29 is 14.7 Å². The second kappa shape index (κ2) is 4.76. The number of rotatable bonds is 3. The summed E-state index contributed by atoms with van der Waals surface area (Å²) in [5, 5.41) is 11.1. The standard InChI is InChI=1S/C9H14N2O3/c1-7-9(14)10-4-6-11(7)5-2-3-8(12)13/h2-3,7H,4-6H2,1H3,(H,10,14)(H,12,13). The molecule has 1 saturated heterocycles. The van der Waals surface area contributed by atoms with Crippen LogP contribution >= 0.6 is 0 Å². The van der Waals surface area contributed by atoms with Gasteiger partial charge in [0.15, 0.2) is 0 Å². The molecule has 1 heterocycles. The molecule has 78 valence electrons. The minimum atomic E-state index is -0.959. The number of amides is 1. The molecule has 0 spiro atoms. The number of carbonyl (C=O) groups excluding carboxylic acids is 1. The van der Waals surface area contributed by atoms with Crippen LogP contribution in [0.1, 0.15) is 6.92 Å². The summed E-state index contributed by atoms with van der Waals surface area (Å²) in [5.41, 5.74) is 0. The van der Waals surface area contributed by atoms with Gasteiger partial charge in [-0.05, 0) is 6.92 Å². The number of aliphatic carboxylic acids is 1. The summed E-state index contributed by atoms with van der Waals surface area (Å²) in [4.78, 5) is 23.3. The fourth-order valence-corrected chi connectivity index (χ4v) is 1.37. The molecule has 1 aliphatic rings. The first-order chi connectivity index (χ1) is 6.61. The molecular weight excluding hydrogens is 184 g/mol. The number of nitrogens with one attached hydrogen (secondary N) is 1. The lowest BCUT2D eigenvalue weighted by Crippen LogP contribution is -2.53. The largest absolute Gasteiger partial charge is 0.478 e. The fourth-order valence-electron chi connectivity index (χ4n) is 1.37. The number of carbonyl (C=O) groups is 2. The van der Waals surface area contributed by atoms with Crippen LogP contribution in [0.2, 0.25) is 0 Å². The molecule has 5 heteroatoms. The van der Waals surface area contributed by atoms with E-state index >= 15 is 0 Å². The van der Waals surface area contributed by atoms with Crippen molar-refractivity contribution in [2.45, 2.75) is 13.0 Å². The van der Waals surface area contributed by atoms with Gasteiger partial charge in [0.2, 0.25) is 5.91 Å². The minimum Gasteiger partial charge on any atom is -0.478 e. The Kier molecular flexibility index (Phi) is 3.64. The van der Waals surface area contributed by atoms with Gasteiger partial charge in [0.05, 0.1) is 6.04 Å². The molecular formula is C9H14N2O3. The van der Waals surface area contributed by atoms with Gasteiger partial charge in [-0.3, -0.25) is 9.69 Å². The monoisotopic (exact) mass is 198 g/mol. The van der Waals surface area contributed by atoms with Crippen LogP contribution in [0, 0.1) is 0 Å². The summed E-state index contributed by atoms with van der Waals surface area (Å²) in [7, 11) is 0. The first kappa shape index (κ1) is 10.7. The molecule has 0 bridgehead atoms. The average molecular weight is 198 g/mol. The van der Waals surface area contributed by atoms with Crippen LogP contribution in [-0.4, -0.2) is 47.6 Å². The predicted octanol–water partition coefficient (Wildman–Crippen LogP) is -0.552. The van der Waals surface area contributed by atoms with Crippen molar-refractivity contribution in [2.75, 3.05) is 19.6 Å². The Morgan fingerprint density at radius 2 is 2.50 bits per heavy atom. The van der Waals surface area contributed by atoms with Crippen molar-refractivity contribution in [3.63, 3.8) is 0 Å². The smallest absolute Gasteiger partial charge is 0.328 e. The number of piperazine rings is 1. The summed E-state index contributed by atoms with van der Waals surface area (Å²) in [6.07, 6.45) is 2.65. The molecule has 0 aromatic heterocycles. The normalized spacial score (nSPS) is 23.8. The summed E-state index contributed by atoms with van der Waals surface area (Å²) < 4.78 is 0. The topological polar surface area (TPSA) is 69.6 Å². The Labute approximate surface area is 82.4 Å². The Balaban J connectivity index is 2.43. The lowest BCUT2D eigenvalue weighted by molar-refractivity contribution is -0.131. The molecule has 1 unspecified atom stereocenters. The van der Waals surface area contributed by atoms with Gasteiger partial charge in [0.1, 0.15) is 0 Å². The van der Waals surface area contributed by atoms with Crippen LogP contribution in [0.15, 0.2) is 12.2 Å². The molecule has 0 saturated carbocycles. The van der Waals surface area contributed by atoms with Gasteiger partial charge in [-0.2, -0.15) is 0 Å². The minimum absolute atomic E-state index is 0.0000231. The van der Waals surface area contributed by atoms with E-state index in [0.29, 0.717) is 13.1 Å². The predicted molar refractivity (Wildman–Crippen MR) is 50.8 cm³/mol.